The van der Waals surface area contributed by atoms with E-state index >= 15 is 0 Å². The van der Waals surface area contributed by atoms with Gasteiger partial charge >= 0.3 is 0 Å². The molecule has 1 aromatic rings. The predicted octanol–water partition coefficient (Wildman–Crippen LogP) is 1.13. The van der Waals surface area contributed by atoms with Crippen molar-refractivity contribution in [3.05, 3.63) is 21.7 Å². The predicted molar refractivity (Wildman–Crippen MR) is 52.3 cm³/mol. The lowest BCUT2D eigenvalue weighted by Gasteiger charge is -2.24. The summed E-state index contributed by atoms with van der Waals surface area (Å²) in [6.07, 6.45) is 4.46. The first-order chi connectivity index (χ1) is 6.66. The molecule has 1 heterocycles. The van der Waals surface area contributed by atoms with Gasteiger partial charge in [0.25, 0.3) is 5.56 Å². The van der Waals surface area contributed by atoms with Crippen molar-refractivity contribution < 1.29 is 5.11 Å². The summed E-state index contributed by atoms with van der Waals surface area (Å²) in [5, 5.41) is 9.35. The summed E-state index contributed by atoms with van der Waals surface area (Å²) < 4.78 is 0. The third-order valence-corrected chi connectivity index (χ3v) is 2.88. The second kappa shape index (κ2) is 3.44. The van der Waals surface area contributed by atoms with Gasteiger partial charge in [0.2, 0.25) is 5.88 Å². The third kappa shape index (κ3) is 1.64. The number of aromatic amines is 1. The van der Waals surface area contributed by atoms with Crippen molar-refractivity contribution in [3.63, 3.8) is 0 Å². The van der Waals surface area contributed by atoms with Crippen LogP contribution in [0.5, 0.6) is 5.88 Å². The largest absolute Gasteiger partial charge is 0.493 e. The Kier molecular flexibility index (Phi) is 2.27. The molecular formula is C10H14N2O2. The highest BCUT2D eigenvalue weighted by Gasteiger charge is 2.19. The maximum absolute atomic E-state index is 11.3. The van der Waals surface area contributed by atoms with Crippen molar-refractivity contribution >= 4 is 0 Å². The first kappa shape index (κ1) is 9.24. The number of aromatic hydroxyl groups is 1. The first-order valence-corrected chi connectivity index (χ1v) is 4.95. The van der Waals surface area contributed by atoms with Crippen LogP contribution in [-0.2, 0) is 6.42 Å². The zero-order chi connectivity index (χ0) is 10.1. The Hall–Kier alpha value is -1.32. The van der Waals surface area contributed by atoms with Gasteiger partial charge in [-0.1, -0.05) is 19.3 Å². The molecule has 0 atom stereocenters. The third-order valence-electron chi connectivity index (χ3n) is 2.88. The molecule has 1 aliphatic rings. The van der Waals surface area contributed by atoms with Crippen molar-refractivity contribution in [2.45, 2.75) is 32.6 Å². The fraction of sp³-hybridized carbons (Fsp3) is 0.600. The molecule has 0 bridgehead atoms. The van der Waals surface area contributed by atoms with Gasteiger partial charge in [0.05, 0.1) is 5.56 Å². The summed E-state index contributed by atoms with van der Waals surface area (Å²) in [7, 11) is 0. The fourth-order valence-electron chi connectivity index (χ4n) is 1.63. The highest BCUT2D eigenvalue weighted by Crippen LogP contribution is 2.28. The number of H-pyrrole nitrogens is 1. The van der Waals surface area contributed by atoms with E-state index in [-0.39, 0.29) is 11.4 Å². The Labute approximate surface area is 82.0 Å². The summed E-state index contributed by atoms with van der Waals surface area (Å²) in [5.41, 5.74) is 0.0641. The smallest absolute Gasteiger partial charge is 0.257 e. The van der Waals surface area contributed by atoms with Gasteiger partial charge in [-0.3, -0.25) is 4.79 Å². The number of hydrogen-bond acceptors (Lipinski definition) is 3. The first-order valence-electron chi connectivity index (χ1n) is 4.95. The molecule has 0 aromatic carbocycles. The van der Waals surface area contributed by atoms with Gasteiger partial charge in [0, 0.05) is 6.42 Å². The average molecular weight is 194 g/mol. The highest BCUT2D eigenvalue weighted by molar-refractivity contribution is 5.20. The van der Waals surface area contributed by atoms with Crippen LogP contribution in [0.2, 0.25) is 0 Å². The van der Waals surface area contributed by atoms with Crippen LogP contribution in [0.4, 0.5) is 0 Å². The van der Waals surface area contributed by atoms with Crippen molar-refractivity contribution in [1.29, 1.82) is 0 Å². The van der Waals surface area contributed by atoms with Crippen molar-refractivity contribution in [2.75, 3.05) is 0 Å². The molecule has 0 spiro atoms. The maximum atomic E-state index is 11.3. The van der Waals surface area contributed by atoms with E-state index in [0.717, 1.165) is 6.42 Å². The standard InChI is InChI=1S/C10H14N2O2/c1-6-9(13)11-8(12-10(6)14)5-7-3-2-4-7/h7H,2-5H2,1H3,(H2,11,12,13,14). The zero-order valence-electron chi connectivity index (χ0n) is 8.21. The van der Waals surface area contributed by atoms with Gasteiger partial charge in [-0.2, -0.15) is 0 Å². The van der Waals surface area contributed by atoms with Crippen LogP contribution < -0.4 is 5.56 Å². The van der Waals surface area contributed by atoms with E-state index in [1.807, 2.05) is 0 Å². The van der Waals surface area contributed by atoms with E-state index in [1.165, 1.54) is 19.3 Å². The van der Waals surface area contributed by atoms with Gasteiger partial charge in [0.1, 0.15) is 5.82 Å². The summed E-state index contributed by atoms with van der Waals surface area (Å²) in [6, 6.07) is 0. The Balaban J connectivity index is 2.21. The lowest BCUT2D eigenvalue weighted by Crippen LogP contribution is -2.20. The van der Waals surface area contributed by atoms with Crippen LogP contribution in [-0.4, -0.2) is 15.1 Å². The molecular weight excluding hydrogens is 180 g/mol. The van der Waals surface area contributed by atoms with Gasteiger partial charge in [0.15, 0.2) is 0 Å². The van der Waals surface area contributed by atoms with Gasteiger partial charge in [-0.15, -0.1) is 0 Å². The molecule has 76 valence electrons. The molecule has 2 rings (SSSR count). The normalized spacial score (nSPS) is 16.6. The highest BCUT2D eigenvalue weighted by atomic mass is 16.3. The lowest BCUT2D eigenvalue weighted by molar-refractivity contribution is 0.307. The topological polar surface area (TPSA) is 66.0 Å². The minimum absolute atomic E-state index is 0.136. The molecule has 0 saturated heterocycles. The Morgan fingerprint density at radius 3 is 2.79 bits per heavy atom. The number of nitrogens with one attached hydrogen (secondary N) is 1. The number of hydrogen-bond donors (Lipinski definition) is 2. The molecule has 2 N–H and O–H groups in total. The van der Waals surface area contributed by atoms with Crippen molar-refractivity contribution in [2.24, 2.45) is 5.92 Å². The molecule has 1 saturated carbocycles. The van der Waals surface area contributed by atoms with E-state index in [1.54, 1.807) is 6.92 Å². The molecule has 1 aromatic heterocycles. The van der Waals surface area contributed by atoms with Gasteiger partial charge in [-0.05, 0) is 12.8 Å². The van der Waals surface area contributed by atoms with E-state index < -0.39 is 0 Å². The molecule has 0 amide bonds. The molecule has 4 heteroatoms. The maximum Gasteiger partial charge on any atom is 0.257 e. The molecule has 0 unspecified atom stereocenters. The molecule has 1 fully saturated rings. The summed E-state index contributed by atoms with van der Waals surface area (Å²) in [4.78, 5) is 17.9. The second-order valence-electron chi connectivity index (χ2n) is 3.96. The molecule has 4 nitrogen and oxygen atoms in total. The van der Waals surface area contributed by atoms with Gasteiger partial charge in [-0.25, -0.2) is 4.98 Å². The Morgan fingerprint density at radius 1 is 1.57 bits per heavy atom. The summed E-state index contributed by atoms with van der Waals surface area (Å²) in [6.45, 7) is 1.56. The SMILES string of the molecule is Cc1c(O)nc(CC2CCC2)[nH]c1=O. The number of rotatable bonds is 2. The van der Waals surface area contributed by atoms with Crippen LogP contribution in [0.25, 0.3) is 0 Å². The van der Waals surface area contributed by atoms with E-state index in [9.17, 15) is 9.90 Å². The average Bonchev–Trinajstić information content (AvgIpc) is 2.07. The van der Waals surface area contributed by atoms with Crippen LogP contribution in [0.1, 0.15) is 30.7 Å². The quantitative estimate of drug-likeness (QED) is 0.741. The van der Waals surface area contributed by atoms with Crippen molar-refractivity contribution in [3.8, 4) is 5.88 Å². The van der Waals surface area contributed by atoms with E-state index in [2.05, 4.69) is 9.97 Å². The number of aromatic nitrogens is 2. The molecule has 1 aliphatic carbocycles. The lowest BCUT2D eigenvalue weighted by atomic mass is 9.83. The molecule has 14 heavy (non-hydrogen) atoms. The minimum atomic E-state index is -0.230. The molecule has 0 radical (unpaired) electrons. The minimum Gasteiger partial charge on any atom is -0.493 e. The summed E-state index contributed by atoms with van der Waals surface area (Å²) >= 11 is 0. The zero-order valence-corrected chi connectivity index (χ0v) is 8.21. The van der Waals surface area contributed by atoms with E-state index in [4.69, 9.17) is 0 Å². The van der Waals surface area contributed by atoms with Crippen molar-refractivity contribution in [1.82, 2.24) is 9.97 Å². The van der Waals surface area contributed by atoms with Crippen LogP contribution >= 0.6 is 0 Å². The monoisotopic (exact) mass is 194 g/mol. The fourth-order valence-corrected chi connectivity index (χ4v) is 1.63. The van der Waals surface area contributed by atoms with Crippen LogP contribution in [0.15, 0.2) is 4.79 Å². The van der Waals surface area contributed by atoms with Gasteiger partial charge < -0.3 is 10.1 Å². The van der Waals surface area contributed by atoms with E-state index in [0.29, 0.717) is 17.3 Å². The van der Waals surface area contributed by atoms with Crippen LogP contribution in [0.3, 0.4) is 0 Å². The molecule has 0 aliphatic heterocycles. The number of nitrogens with zero attached hydrogens (tertiary/aromatic N) is 1. The summed E-state index contributed by atoms with van der Waals surface area (Å²) in [5.74, 6) is 1.12. The Morgan fingerprint density at radius 2 is 2.29 bits per heavy atom. The second-order valence-corrected chi connectivity index (χ2v) is 3.96. The van der Waals surface area contributed by atoms with Crippen LogP contribution in [0, 0.1) is 12.8 Å². The Bertz CT molecular complexity index is 394.